The minimum Gasteiger partial charge on any atom is -0.497 e. The van der Waals surface area contributed by atoms with E-state index < -0.39 is 5.97 Å². The summed E-state index contributed by atoms with van der Waals surface area (Å²) in [6.07, 6.45) is 0. The lowest BCUT2D eigenvalue weighted by atomic mass is 10.2. The second-order valence-corrected chi connectivity index (χ2v) is 4.89. The van der Waals surface area contributed by atoms with E-state index in [4.69, 9.17) is 9.47 Å². The topological polar surface area (TPSA) is 55.8 Å². The molecule has 0 atom stereocenters. The Morgan fingerprint density at radius 1 is 1.29 bits per heavy atom. The van der Waals surface area contributed by atoms with Crippen molar-refractivity contribution < 1.29 is 19.1 Å². The lowest BCUT2D eigenvalue weighted by molar-refractivity contribution is -0.141. The number of nitrogens with zero attached hydrogens (tertiary/aromatic N) is 1. The molecule has 1 aromatic rings. The predicted molar refractivity (Wildman–Crippen MR) is 77.7 cm³/mol. The molecule has 0 N–H and O–H groups in total. The van der Waals surface area contributed by atoms with Crippen molar-refractivity contribution in [1.82, 2.24) is 4.90 Å². The van der Waals surface area contributed by atoms with E-state index in [2.05, 4.69) is 0 Å². The van der Waals surface area contributed by atoms with Gasteiger partial charge in [0.1, 0.15) is 11.3 Å². The molecule has 2 rings (SSSR count). The van der Waals surface area contributed by atoms with Crippen LogP contribution in [-0.4, -0.2) is 37.0 Å². The van der Waals surface area contributed by atoms with Gasteiger partial charge in [-0.05, 0) is 37.1 Å². The lowest BCUT2D eigenvalue weighted by Gasteiger charge is -2.17. The number of rotatable bonds is 5. The van der Waals surface area contributed by atoms with Crippen LogP contribution in [0.3, 0.4) is 0 Å². The zero-order valence-corrected chi connectivity index (χ0v) is 12.5. The summed E-state index contributed by atoms with van der Waals surface area (Å²) >= 11 is 0. The summed E-state index contributed by atoms with van der Waals surface area (Å²) in [5.41, 5.74) is 1.92. The molecule has 1 heterocycles. The average Bonchev–Trinajstić information content (AvgIpc) is 2.74. The third-order valence-electron chi connectivity index (χ3n) is 3.37. The van der Waals surface area contributed by atoms with Crippen molar-refractivity contribution in [3.05, 3.63) is 41.0 Å². The third-order valence-corrected chi connectivity index (χ3v) is 3.37. The second-order valence-electron chi connectivity index (χ2n) is 4.89. The Labute approximate surface area is 124 Å². The fourth-order valence-electron chi connectivity index (χ4n) is 2.32. The summed E-state index contributed by atoms with van der Waals surface area (Å²) < 4.78 is 10.0. The molecule has 0 fully saturated rings. The molecule has 21 heavy (non-hydrogen) atoms. The quantitative estimate of drug-likeness (QED) is 0.614. The maximum atomic E-state index is 12.3. The van der Waals surface area contributed by atoms with E-state index in [9.17, 15) is 9.59 Å². The van der Waals surface area contributed by atoms with Crippen molar-refractivity contribution in [3.8, 4) is 5.75 Å². The Morgan fingerprint density at radius 3 is 2.52 bits per heavy atom. The van der Waals surface area contributed by atoms with Crippen LogP contribution < -0.4 is 4.74 Å². The minimum atomic E-state index is -0.530. The fraction of sp³-hybridized carbons (Fsp3) is 0.375. The van der Waals surface area contributed by atoms with Gasteiger partial charge in [-0.3, -0.25) is 4.79 Å². The van der Waals surface area contributed by atoms with Crippen LogP contribution in [0.15, 0.2) is 35.4 Å². The number of carbonyl (C=O) groups is 2. The summed E-state index contributed by atoms with van der Waals surface area (Å²) in [6.45, 7) is 4.70. The lowest BCUT2D eigenvalue weighted by Crippen LogP contribution is -2.28. The number of hydrogen-bond acceptors (Lipinski definition) is 4. The van der Waals surface area contributed by atoms with Crippen LogP contribution in [0, 0.1) is 0 Å². The van der Waals surface area contributed by atoms with Crippen LogP contribution in [0.4, 0.5) is 0 Å². The van der Waals surface area contributed by atoms with Crippen LogP contribution in [0.5, 0.6) is 5.75 Å². The summed E-state index contributed by atoms with van der Waals surface area (Å²) in [4.78, 5) is 25.7. The van der Waals surface area contributed by atoms with Crippen LogP contribution >= 0.6 is 0 Å². The van der Waals surface area contributed by atoms with Gasteiger partial charge in [0.05, 0.1) is 13.7 Å². The van der Waals surface area contributed by atoms with Gasteiger partial charge in [0.25, 0.3) is 5.91 Å². The van der Waals surface area contributed by atoms with E-state index in [0.717, 1.165) is 16.9 Å². The van der Waals surface area contributed by atoms with Gasteiger partial charge < -0.3 is 14.4 Å². The smallest absolute Gasteiger partial charge is 0.343 e. The third kappa shape index (κ3) is 3.24. The van der Waals surface area contributed by atoms with Gasteiger partial charge in [-0.1, -0.05) is 12.1 Å². The molecule has 0 spiro atoms. The highest BCUT2D eigenvalue weighted by Gasteiger charge is 2.33. The highest BCUT2D eigenvalue weighted by Crippen LogP contribution is 2.22. The second kappa shape index (κ2) is 6.43. The van der Waals surface area contributed by atoms with Crippen LogP contribution in [-0.2, 0) is 20.9 Å². The van der Waals surface area contributed by atoms with E-state index in [1.807, 2.05) is 24.3 Å². The van der Waals surface area contributed by atoms with Gasteiger partial charge in [-0.25, -0.2) is 4.79 Å². The van der Waals surface area contributed by atoms with Gasteiger partial charge in [0.15, 0.2) is 0 Å². The molecule has 1 aliphatic heterocycles. The van der Waals surface area contributed by atoms with Crippen molar-refractivity contribution in [2.45, 2.75) is 20.4 Å². The van der Waals surface area contributed by atoms with Crippen LogP contribution in [0.25, 0.3) is 0 Å². The highest BCUT2D eigenvalue weighted by molar-refractivity contribution is 6.18. The van der Waals surface area contributed by atoms with Gasteiger partial charge in [-0.2, -0.15) is 0 Å². The van der Waals surface area contributed by atoms with Crippen LogP contribution in [0.2, 0.25) is 0 Å². The molecule has 0 bridgehead atoms. The molecule has 0 aliphatic carbocycles. The normalized spacial score (nSPS) is 14.6. The Kier molecular flexibility index (Phi) is 4.62. The van der Waals surface area contributed by atoms with Crippen LogP contribution in [0.1, 0.15) is 19.4 Å². The average molecular weight is 289 g/mol. The minimum absolute atomic E-state index is 0.172. The largest absolute Gasteiger partial charge is 0.497 e. The number of methoxy groups -OCH3 is 1. The van der Waals surface area contributed by atoms with Crippen molar-refractivity contribution in [2.75, 3.05) is 20.3 Å². The first-order valence-electron chi connectivity index (χ1n) is 6.86. The van der Waals surface area contributed by atoms with E-state index in [1.165, 1.54) is 0 Å². The van der Waals surface area contributed by atoms with E-state index >= 15 is 0 Å². The maximum Gasteiger partial charge on any atom is 0.343 e. The monoisotopic (exact) mass is 289 g/mol. The molecule has 5 nitrogen and oxygen atoms in total. The number of ether oxygens (including phenoxy) is 2. The molecule has 5 heteroatoms. The number of benzene rings is 1. The number of hydrogen-bond donors (Lipinski definition) is 0. The van der Waals surface area contributed by atoms with E-state index in [-0.39, 0.29) is 18.1 Å². The summed E-state index contributed by atoms with van der Waals surface area (Å²) in [7, 11) is 1.61. The van der Waals surface area contributed by atoms with Gasteiger partial charge in [0, 0.05) is 13.1 Å². The summed E-state index contributed by atoms with van der Waals surface area (Å²) in [5.74, 6) is -0.0213. The SMILES string of the molecule is CCOC(=O)C1=C(C)CN(Cc2ccc(OC)cc2)C1=O. The molecule has 0 saturated carbocycles. The fourth-order valence-corrected chi connectivity index (χ4v) is 2.32. The van der Waals surface area contributed by atoms with Crippen molar-refractivity contribution in [3.63, 3.8) is 0 Å². The molecule has 1 aliphatic rings. The van der Waals surface area contributed by atoms with Crippen molar-refractivity contribution in [2.24, 2.45) is 0 Å². The molecular formula is C16H19NO4. The first-order valence-corrected chi connectivity index (χ1v) is 6.86. The summed E-state index contributed by atoms with van der Waals surface area (Å²) in [5, 5.41) is 0. The summed E-state index contributed by atoms with van der Waals surface area (Å²) in [6, 6.07) is 7.51. The van der Waals surface area contributed by atoms with Crippen molar-refractivity contribution in [1.29, 1.82) is 0 Å². The molecule has 0 saturated heterocycles. The van der Waals surface area contributed by atoms with E-state index in [0.29, 0.717) is 13.1 Å². The Hall–Kier alpha value is -2.30. The number of esters is 1. The zero-order chi connectivity index (χ0) is 15.4. The molecular weight excluding hydrogens is 270 g/mol. The Balaban J connectivity index is 2.07. The maximum absolute atomic E-state index is 12.3. The van der Waals surface area contributed by atoms with Gasteiger partial charge in [0.2, 0.25) is 0 Å². The molecule has 0 unspecified atom stereocenters. The van der Waals surface area contributed by atoms with Crippen molar-refractivity contribution >= 4 is 11.9 Å². The molecule has 0 radical (unpaired) electrons. The van der Waals surface area contributed by atoms with Gasteiger partial charge in [-0.15, -0.1) is 0 Å². The first-order chi connectivity index (χ1) is 10.1. The molecule has 112 valence electrons. The zero-order valence-electron chi connectivity index (χ0n) is 12.5. The van der Waals surface area contributed by atoms with Gasteiger partial charge >= 0.3 is 5.97 Å². The Bertz CT molecular complexity index is 574. The Morgan fingerprint density at radius 2 is 1.95 bits per heavy atom. The predicted octanol–water partition coefficient (Wildman–Crippen LogP) is 1.92. The molecule has 0 aromatic heterocycles. The van der Waals surface area contributed by atoms with E-state index in [1.54, 1.807) is 25.9 Å². The highest BCUT2D eigenvalue weighted by atomic mass is 16.5. The number of amides is 1. The molecule has 1 amide bonds. The number of carbonyl (C=O) groups excluding carboxylic acids is 2. The standard InChI is InChI=1S/C16H19NO4/c1-4-21-16(19)14-11(2)9-17(15(14)18)10-12-5-7-13(20-3)8-6-12/h5-8H,4,9-10H2,1-3H3. The first kappa shape index (κ1) is 15.1. The molecule has 1 aromatic carbocycles.